The Labute approximate surface area is 152 Å². The van der Waals surface area contributed by atoms with Gasteiger partial charge in [-0.15, -0.1) is 0 Å². The van der Waals surface area contributed by atoms with E-state index >= 15 is 0 Å². The van der Waals surface area contributed by atoms with Crippen LogP contribution in [0.25, 0.3) is 0 Å². The summed E-state index contributed by atoms with van der Waals surface area (Å²) < 4.78 is 33.4. The van der Waals surface area contributed by atoms with Crippen molar-refractivity contribution in [2.24, 2.45) is 0 Å². The van der Waals surface area contributed by atoms with Gasteiger partial charge in [0.25, 0.3) is 5.91 Å². The zero-order chi connectivity index (χ0) is 18.1. The number of anilines is 1. The summed E-state index contributed by atoms with van der Waals surface area (Å²) in [5.74, 6) is 0.168. The number of aryl methyl sites for hydroxylation is 2. The standard InChI is InChI=1S/C19H20N2O4S/c22-19-18(25-17-8-4-3-7-16(17)21-19)12-20-26(23,24)15-10-9-13-5-1-2-6-14(13)11-15/h3-4,7-11,18,20H,1-2,5-6,12H2,(H,21,22). The summed E-state index contributed by atoms with van der Waals surface area (Å²) in [6.45, 7) is -0.125. The summed E-state index contributed by atoms with van der Waals surface area (Å²) in [6.07, 6.45) is 3.23. The van der Waals surface area contributed by atoms with E-state index in [0.717, 1.165) is 31.2 Å². The van der Waals surface area contributed by atoms with Gasteiger partial charge in [0.1, 0.15) is 5.75 Å². The third kappa shape index (κ3) is 3.32. The Morgan fingerprint density at radius 2 is 1.85 bits per heavy atom. The van der Waals surface area contributed by atoms with Gasteiger partial charge in [-0.05, 0) is 61.1 Å². The molecule has 0 spiro atoms. The summed E-state index contributed by atoms with van der Waals surface area (Å²) in [7, 11) is -3.70. The predicted molar refractivity (Wildman–Crippen MR) is 97.8 cm³/mol. The first-order valence-corrected chi connectivity index (χ1v) is 10.2. The molecule has 1 unspecified atom stereocenters. The maximum atomic E-state index is 12.6. The quantitative estimate of drug-likeness (QED) is 0.862. The van der Waals surface area contributed by atoms with Gasteiger partial charge in [0.15, 0.2) is 6.10 Å². The molecular weight excluding hydrogens is 352 g/mol. The van der Waals surface area contributed by atoms with Gasteiger partial charge in [-0.1, -0.05) is 18.2 Å². The summed E-state index contributed by atoms with van der Waals surface area (Å²) in [5, 5.41) is 2.73. The van der Waals surface area contributed by atoms with Crippen LogP contribution in [-0.2, 0) is 27.7 Å². The fraction of sp³-hybridized carbons (Fsp3) is 0.316. The molecule has 0 radical (unpaired) electrons. The Morgan fingerprint density at radius 1 is 1.08 bits per heavy atom. The molecule has 1 amide bonds. The first-order valence-electron chi connectivity index (χ1n) is 8.71. The molecule has 2 aliphatic rings. The highest BCUT2D eigenvalue weighted by molar-refractivity contribution is 7.89. The molecule has 0 bridgehead atoms. The minimum Gasteiger partial charge on any atom is -0.477 e. The highest BCUT2D eigenvalue weighted by Gasteiger charge is 2.29. The van der Waals surface area contributed by atoms with Crippen LogP contribution >= 0.6 is 0 Å². The molecule has 2 aromatic carbocycles. The monoisotopic (exact) mass is 372 g/mol. The molecule has 7 heteroatoms. The topological polar surface area (TPSA) is 84.5 Å². The van der Waals surface area contributed by atoms with Gasteiger partial charge in [0.05, 0.1) is 17.1 Å². The van der Waals surface area contributed by atoms with E-state index < -0.39 is 16.1 Å². The maximum absolute atomic E-state index is 12.6. The Bertz CT molecular complexity index is 956. The smallest absolute Gasteiger partial charge is 0.266 e. The summed E-state index contributed by atoms with van der Waals surface area (Å²) >= 11 is 0. The third-order valence-electron chi connectivity index (χ3n) is 4.80. The lowest BCUT2D eigenvalue weighted by atomic mass is 9.92. The second-order valence-electron chi connectivity index (χ2n) is 6.58. The summed E-state index contributed by atoms with van der Waals surface area (Å²) in [4.78, 5) is 12.4. The van der Waals surface area contributed by atoms with Crippen LogP contribution in [0.5, 0.6) is 5.75 Å². The highest BCUT2D eigenvalue weighted by Crippen LogP contribution is 2.29. The van der Waals surface area contributed by atoms with Crippen molar-refractivity contribution >= 4 is 21.6 Å². The number of nitrogens with one attached hydrogen (secondary N) is 2. The number of hydrogen-bond acceptors (Lipinski definition) is 4. The summed E-state index contributed by atoms with van der Waals surface area (Å²) in [6, 6.07) is 12.3. The second-order valence-corrected chi connectivity index (χ2v) is 8.35. The lowest BCUT2D eigenvalue weighted by Crippen LogP contribution is -2.45. The van der Waals surface area contributed by atoms with E-state index in [4.69, 9.17) is 4.74 Å². The SMILES string of the molecule is O=C1Nc2ccccc2OC1CNS(=O)(=O)c1ccc2c(c1)CCCC2. The molecule has 1 atom stereocenters. The van der Waals surface area contributed by atoms with E-state index in [1.54, 1.807) is 36.4 Å². The minimum absolute atomic E-state index is 0.125. The third-order valence-corrected chi connectivity index (χ3v) is 6.22. The van der Waals surface area contributed by atoms with E-state index in [2.05, 4.69) is 10.0 Å². The number of sulfonamides is 1. The van der Waals surface area contributed by atoms with Gasteiger partial charge < -0.3 is 10.1 Å². The highest BCUT2D eigenvalue weighted by atomic mass is 32.2. The predicted octanol–water partition coefficient (Wildman–Crippen LogP) is 2.24. The van der Waals surface area contributed by atoms with Crippen molar-refractivity contribution in [3.05, 3.63) is 53.6 Å². The molecule has 0 saturated heterocycles. The van der Waals surface area contributed by atoms with Crippen LogP contribution in [0.1, 0.15) is 24.0 Å². The van der Waals surface area contributed by atoms with Gasteiger partial charge in [0, 0.05) is 0 Å². The van der Waals surface area contributed by atoms with Crippen LogP contribution < -0.4 is 14.8 Å². The molecule has 0 aromatic heterocycles. The van der Waals surface area contributed by atoms with E-state index in [-0.39, 0.29) is 17.3 Å². The molecule has 0 saturated carbocycles. The fourth-order valence-electron chi connectivity index (χ4n) is 3.37. The molecule has 4 rings (SSSR count). The average molecular weight is 372 g/mol. The molecule has 1 heterocycles. The van der Waals surface area contributed by atoms with Crippen molar-refractivity contribution < 1.29 is 17.9 Å². The van der Waals surface area contributed by atoms with Crippen molar-refractivity contribution in [1.29, 1.82) is 0 Å². The largest absolute Gasteiger partial charge is 0.477 e. The number of amides is 1. The van der Waals surface area contributed by atoms with E-state index in [1.165, 1.54) is 5.56 Å². The number of fused-ring (bicyclic) bond motifs is 2. The molecule has 0 fully saturated rings. The van der Waals surface area contributed by atoms with Gasteiger partial charge in [0.2, 0.25) is 10.0 Å². The number of para-hydroxylation sites is 2. The Kier molecular flexibility index (Phi) is 4.42. The molecule has 2 N–H and O–H groups in total. The first-order chi connectivity index (χ1) is 12.5. The van der Waals surface area contributed by atoms with Crippen molar-refractivity contribution in [3.8, 4) is 5.75 Å². The Balaban J connectivity index is 1.48. The van der Waals surface area contributed by atoms with Crippen LogP contribution in [0, 0.1) is 0 Å². The lowest BCUT2D eigenvalue weighted by Gasteiger charge is -2.25. The van der Waals surface area contributed by atoms with Crippen molar-refractivity contribution in [1.82, 2.24) is 4.72 Å². The number of hydrogen-bond donors (Lipinski definition) is 2. The number of carbonyl (C=O) groups is 1. The molecule has 1 aliphatic heterocycles. The van der Waals surface area contributed by atoms with E-state index in [0.29, 0.717) is 11.4 Å². The van der Waals surface area contributed by atoms with Crippen molar-refractivity contribution in [3.63, 3.8) is 0 Å². The normalized spacial score (nSPS) is 19.1. The van der Waals surface area contributed by atoms with Gasteiger partial charge in [-0.25, -0.2) is 13.1 Å². The van der Waals surface area contributed by atoms with Crippen LogP contribution in [0.4, 0.5) is 5.69 Å². The van der Waals surface area contributed by atoms with Crippen molar-refractivity contribution in [2.45, 2.75) is 36.7 Å². The average Bonchev–Trinajstić information content (AvgIpc) is 2.66. The van der Waals surface area contributed by atoms with Gasteiger partial charge in [-0.2, -0.15) is 0 Å². The fourth-order valence-corrected chi connectivity index (χ4v) is 4.45. The van der Waals surface area contributed by atoms with Crippen LogP contribution in [0.15, 0.2) is 47.4 Å². The second kappa shape index (κ2) is 6.74. The van der Waals surface area contributed by atoms with Crippen LogP contribution in [-0.4, -0.2) is 27.0 Å². The first kappa shape index (κ1) is 17.1. The van der Waals surface area contributed by atoms with Crippen LogP contribution in [0.2, 0.25) is 0 Å². The van der Waals surface area contributed by atoms with Crippen LogP contribution in [0.3, 0.4) is 0 Å². The Hall–Kier alpha value is -2.38. The molecule has 26 heavy (non-hydrogen) atoms. The number of rotatable bonds is 4. The Morgan fingerprint density at radius 3 is 2.69 bits per heavy atom. The zero-order valence-electron chi connectivity index (χ0n) is 14.2. The zero-order valence-corrected chi connectivity index (χ0v) is 15.0. The van der Waals surface area contributed by atoms with Gasteiger partial charge in [-0.3, -0.25) is 4.79 Å². The lowest BCUT2D eigenvalue weighted by molar-refractivity contribution is -0.123. The van der Waals surface area contributed by atoms with E-state index in [1.807, 2.05) is 6.07 Å². The van der Waals surface area contributed by atoms with E-state index in [9.17, 15) is 13.2 Å². The molecule has 136 valence electrons. The van der Waals surface area contributed by atoms with Crippen molar-refractivity contribution in [2.75, 3.05) is 11.9 Å². The molecule has 2 aromatic rings. The number of carbonyl (C=O) groups excluding carboxylic acids is 1. The molecule has 1 aliphatic carbocycles. The van der Waals surface area contributed by atoms with Gasteiger partial charge >= 0.3 is 0 Å². The molecular formula is C19H20N2O4S. The maximum Gasteiger partial charge on any atom is 0.266 e. The number of benzene rings is 2. The minimum atomic E-state index is -3.70. The summed E-state index contributed by atoms with van der Waals surface area (Å²) in [5.41, 5.74) is 2.91. The molecule has 6 nitrogen and oxygen atoms in total. The number of ether oxygens (including phenoxy) is 1.